The van der Waals surface area contributed by atoms with Crippen LogP contribution in [-0.4, -0.2) is 10.2 Å². The number of nitrogens with zero attached hydrogens (tertiary/aromatic N) is 2. The summed E-state index contributed by atoms with van der Waals surface area (Å²) in [6.45, 7) is 4.56. The van der Waals surface area contributed by atoms with Crippen molar-refractivity contribution in [1.29, 1.82) is 0 Å². The molecule has 0 unspecified atom stereocenters. The Hall–Kier alpha value is -0.440. The van der Waals surface area contributed by atoms with Crippen LogP contribution >= 0.6 is 11.3 Å². The van der Waals surface area contributed by atoms with Crippen LogP contribution in [0.3, 0.4) is 0 Å². The second-order valence-corrected chi connectivity index (χ2v) is 9.06. The Morgan fingerprint density at radius 2 is 1.48 bits per heavy atom. The average Bonchev–Trinajstić information content (AvgIpc) is 3.05. The Labute approximate surface area is 146 Å². The van der Waals surface area contributed by atoms with Crippen molar-refractivity contribution in [3.63, 3.8) is 0 Å². The lowest BCUT2D eigenvalue weighted by Gasteiger charge is -2.37. The molecule has 2 fully saturated rings. The summed E-state index contributed by atoms with van der Waals surface area (Å²) in [5.41, 5.74) is 0. The molecule has 2 saturated carbocycles. The molecule has 1 aromatic rings. The van der Waals surface area contributed by atoms with Gasteiger partial charge in [-0.2, -0.15) is 0 Å². The molecule has 2 aliphatic carbocycles. The molecule has 0 amide bonds. The molecular weight excluding hydrogens is 300 g/mol. The van der Waals surface area contributed by atoms with E-state index in [0.717, 1.165) is 24.2 Å². The third-order valence-electron chi connectivity index (χ3n) is 6.32. The zero-order chi connectivity index (χ0) is 16.1. The summed E-state index contributed by atoms with van der Waals surface area (Å²) in [5.74, 6) is 3.81. The Kier molecular flexibility index (Phi) is 6.50. The third-order valence-corrected chi connectivity index (χ3v) is 7.47. The topological polar surface area (TPSA) is 25.8 Å². The molecule has 1 heterocycles. The van der Waals surface area contributed by atoms with Gasteiger partial charge in [-0.3, -0.25) is 0 Å². The van der Waals surface area contributed by atoms with E-state index in [4.69, 9.17) is 0 Å². The maximum absolute atomic E-state index is 4.49. The molecule has 2 nitrogen and oxygen atoms in total. The van der Waals surface area contributed by atoms with E-state index in [1.807, 2.05) is 11.3 Å². The van der Waals surface area contributed by atoms with Gasteiger partial charge in [-0.25, -0.2) is 0 Å². The molecule has 130 valence electrons. The van der Waals surface area contributed by atoms with E-state index in [2.05, 4.69) is 24.0 Å². The Bertz CT molecular complexity index is 454. The van der Waals surface area contributed by atoms with Crippen LogP contribution < -0.4 is 0 Å². The molecular formula is C20H34N2S. The number of aryl methyl sites for hydroxylation is 1. The average molecular weight is 335 g/mol. The smallest absolute Gasteiger partial charge is 0.120 e. The molecule has 2 aliphatic rings. The summed E-state index contributed by atoms with van der Waals surface area (Å²) in [6, 6.07) is 0. The summed E-state index contributed by atoms with van der Waals surface area (Å²) in [6.07, 6.45) is 16.8. The normalized spacial score (nSPS) is 32.1. The van der Waals surface area contributed by atoms with Gasteiger partial charge in [0.15, 0.2) is 0 Å². The molecule has 0 spiro atoms. The zero-order valence-corrected chi connectivity index (χ0v) is 15.9. The first kappa shape index (κ1) is 17.4. The van der Waals surface area contributed by atoms with Gasteiger partial charge in [0.25, 0.3) is 0 Å². The second kappa shape index (κ2) is 8.60. The fourth-order valence-corrected chi connectivity index (χ4v) is 6.05. The molecule has 0 N–H and O–H groups in total. The quantitative estimate of drug-likeness (QED) is 0.604. The summed E-state index contributed by atoms with van der Waals surface area (Å²) in [4.78, 5) is 0. The van der Waals surface area contributed by atoms with Crippen LogP contribution in [-0.2, 0) is 6.42 Å². The predicted molar refractivity (Wildman–Crippen MR) is 99.0 cm³/mol. The number of hydrogen-bond acceptors (Lipinski definition) is 3. The lowest BCUT2D eigenvalue weighted by molar-refractivity contribution is 0.156. The lowest BCUT2D eigenvalue weighted by Crippen LogP contribution is -2.25. The van der Waals surface area contributed by atoms with Gasteiger partial charge in [-0.1, -0.05) is 39.5 Å². The Balaban J connectivity index is 1.45. The van der Waals surface area contributed by atoms with Crippen molar-refractivity contribution < 1.29 is 0 Å². The fraction of sp³-hybridized carbons (Fsp3) is 0.900. The molecule has 3 rings (SSSR count). The van der Waals surface area contributed by atoms with Crippen molar-refractivity contribution in [2.45, 2.75) is 96.8 Å². The van der Waals surface area contributed by atoms with Crippen LogP contribution in [0.5, 0.6) is 0 Å². The molecule has 0 saturated heterocycles. The van der Waals surface area contributed by atoms with Gasteiger partial charge in [0.1, 0.15) is 10.0 Å². The van der Waals surface area contributed by atoms with Crippen molar-refractivity contribution in [2.24, 2.45) is 17.8 Å². The molecule has 3 heteroatoms. The first-order valence-corrected chi connectivity index (χ1v) is 10.9. The summed E-state index contributed by atoms with van der Waals surface area (Å²) in [5, 5.41) is 11.5. The first-order valence-electron chi connectivity index (χ1n) is 10.1. The van der Waals surface area contributed by atoms with E-state index in [0.29, 0.717) is 5.92 Å². The van der Waals surface area contributed by atoms with Crippen LogP contribution in [0.25, 0.3) is 0 Å². The van der Waals surface area contributed by atoms with Crippen LogP contribution in [0.4, 0.5) is 0 Å². The monoisotopic (exact) mass is 334 g/mol. The van der Waals surface area contributed by atoms with E-state index >= 15 is 0 Å². The van der Waals surface area contributed by atoms with Crippen molar-refractivity contribution in [3.05, 3.63) is 10.0 Å². The molecule has 0 atom stereocenters. The van der Waals surface area contributed by atoms with Crippen LogP contribution in [0.1, 0.15) is 100 Å². The number of hydrogen-bond donors (Lipinski definition) is 0. The predicted octanol–water partition coefficient (Wildman–Crippen LogP) is 6.37. The van der Waals surface area contributed by atoms with Gasteiger partial charge in [0.05, 0.1) is 0 Å². The highest BCUT2D eigenvalue weighted by atomic mass is 32.1. The van der Waals surface area contributed by atoms with Gasteiger partial charge in [-0.05, 0) is 62.7 Å². The number of aromatic nitrogens is 2. The highest BCUT2D eigenvalue weighted by molar-refractivity contribution is 7.11. The van der Waals surface area contributed by atoms with E-state index in [-0.39, 0.29) is 0 Å². The van der Waals surface area contributed by atoms with Gasteiger partial charge < -0.3 is 0 Å². The molecule has 23 heavy (non-hydrogen) atoms. The van der Waals surface area contributed by atoms with Crippen LogP contribution in [0, 0.1) is 17.8 Å². The molecule has 0 aromatic carbocycles. The highest BCUT2D eigenvalue weighted by Gasteiger charge is 2.32. The SMILES string of the molecule is CCCc1nnc(C2CCC(C3CCC(CCC)CC3)CC2)s1. The maximum atomic E-state index is 4.49. The largest absolute Gasteiger partial charge is 0.144 e. The molecule has 1 aromatic heterocycles. The summed E-state index contributed by atoms with van der Waals surface area (Å²) >= 11 is 1.88. The molecule has 0 aliphatic heterocycles. The van der Waals surface area contributed by atoms with Crippen molar-refractivity contribution in [3.8, 4) is 0 Å². The Morgan fingerprint density at radius 3 is 2.09 bits per heavy atom. The minimum absolute atomic E-state index is 0.714. The fourth-order valence-electron chi connectivity index (χ4n) is 4.94. The van der Waals surface area contributed by atoms with E-state index in [9.17, 15) is 0 Å². The minimum Gasteiger partial charge on any atom is -0.144 e. The zero-order valence-electron chi connectivity index (χ0n) is 15.1. The van der Waals surface area contributed by atoms with E-state index in [1.165, 1.54) is 80.6 Å². The Morgan fingerprint density at radius 1 is 0.826 bits per heavy atom. The number of rotatable bonds is 6. The summed E-state index contributed by atoms with van der Waals surface area (Å²) in [7, 11) is 0. The minimum atomic E-state index is 0.714. The van der Waals surface area contributed by atoms with Crippen molar-refractivity contribution in [2.75, 3.05) is 0 Å². The van der Waals surface area contributed by atoms with Crippen LogP contribution in [0.15, 0.2) is 0 Å². The summed E-state index contributed by atoms with van der Waals surface area (Å²) < 4.78 is 0. The lowest BCUT2D eigenvalue weighted by atomic mass is 9.69. The van der Waals surface area contributed by atoms with Gasteiger partial charge in [-0.15, -0.1) is 21.5 Å². The first-order chi connectivity index (χ1) is 11.3. The van der Waals surface area contributed by atoms with Gasteiger partial charge in [0.2, 0.25) is 0 Å². The van der Waals surface area contributed by atoms with E-state index in [1.54, 1.807) is 0 Å². The molecule has 0 radical (unpaired) electrons. The third kappa shape index (κ3) is 4.55. The van der Waals surface area contributed by atoms with E-state index < -0.39 is 0 Å². The maximum Gasteiger partial charge on any atom is 0.120 e. The molecule has 0 bridgehead atoms. The highest BCUT2D eigenvalue weighted by Crippen LogP contribution is 2.44. The standard InChI is InChI=1S/C20H34N2S/c1-3-5-15-7-9-16(10-8-15)17-11-13-18(14-12-17)20-22-21-19(23-20)6-4-2/h15-18H,3-14H2,1-2H3. The van der Waals surface area contributed by atoms with Gasteiger partial charge in [0, 0.05) is 12.3 Å². The second-order valence-electron chi connectivity index (χ2n) is 7.97. The van der Waals surface area contributed by atoms with Crippen molar-refractivity contribution >= 4 is 11.3 Å². The van der Waals surface area contributed by atoms with Gasteiger partial charge >= 0.3 is 0 Å². The van der Waals surface area contributed by atoms with Crippen LogP contribution in [0.2, 0.25) is 0 Å². The van der Waals surface area contributed by atoms with Crippen molar-refractivity contribution in [1.82, 2.24) is 10.2 Å².